The highest BCUT2D eigenvalue weighted by Crippen LogP contribution is 2.29. The van der Waals surface area contributed by atoms with Gasteiger partial charge in [0, 0.05) is 15.2 Å². The first-order valence-electron chi connectivity index (χ1n) is 5.76. The maximum absolute atomic E-state index is 12.1. The van der Waals surface area contributed by atoms with E-state index in [0.717, 1.165) is 15.7 Å². The molecule has 0 saturated carbocycles. The summed E-state index contributed by atoms with van der Waals surface area (Å²) >= 11 is 9.33. The fourth-order valence-corrected chi connectivity index (χ4v) is 2.67. The zero-order valence-corrected chi connectivity index (χ0v) is 12.1. The van der Waals surface area contributed by atoms with Crippen LogP contribution in [-0.4, -0.2) is 5.91 Å². The molecule has 19 heavy (non-hydrogen) atoms. The Morgan fingerprint density at radius 2 is 1.95 bits per heavy atom. The summed E-state index contributed by atoms with van der Waals surface area (Å²) in [4.78, 5) is 12.1. The van der Waals surface area contributed by atoms with E-state index < -0.39 is 0 Å². The Labute approximate surface area is 124 Å². The predicted molar refractivity (Wildman–Crippen MR) is 79.4 cm³/mol. The van der Waals surface area contributed by atoms with Crippen molar-refractivity contribution >= 4 is 39.1 Å². The van der Waals surface area contributed by atoms with Gasteiger partial charge in [-0.2, -0.15) is 0 Å². The maximum Gasteiger partial charge on any atom is 0.255 e. The van der Waals surface area contributed by atoms with Crippen LogP contribution in [0.15, 0.2) is 46.9 Å². The molecule has 0 aliphatic carbocycles. The average Bonchev–Trinajstić information content (AvgIpc) is 2.39. The molecule has 1 unspecified atom stereocenters. The first-order valence-corrected chi connectivity index (χ1v) is 6.93. The van der Waals surface area contributed by atoms with Crippen LogP contribution < -0.4 is 10.6 Å². The van der Waals surface area contributed by atoms with Gasteiger partial charge < -0.3 is 10.6 Å². The zero-order valence-electron chi connectivity index (χ0n) is 9.78. The van der Waals surface area contributed by atoms with Crippen LogP contribution >= 0.6 is 27.5 Å². The second kappa shape index (κ2) is 4.87. The Morgan fingerprint density at radius 3 is 2.74 bits per heavy atom. The van der Waals surface area contributed by atoms with Crippen molar-refractivity contribution in [1.29, 1.82) is 0 Å². The number of nitrogens with one attached hydrogen (secondary N) is 2. The van der Waals surface area contributed by atoms with E-state index in [2.05, 4.69) is 26.6 Å². The Bertz CT molecular complexity index is 660. The number of anilines is 1. The lowest BCUT2D eigenvalue weighted by molar-refractivity contribution is 0.0935. The van der Waals surface area contributed by atoms with Crippen molar-refractivity contribution in [3.05, 3.63) is 63.1 Å². The quantitative estimate of drug-likeness (QED) is 0.827. The van der Waals surface area contributed by atoms with Gasteiger partial charge in [0.1, 0.15) is 6.17 Å². The van der Waals surface area contributed by atoms with Crippen molar-refractivity contribution in [3.8, 4) is 0 Å². The Kier molecular flexibility index (Phi) is 3.21. The van der Waals surface area contributed by atoms with Gasteiger partial charge in [0.2, 0.25) is 0 Å². The first kappa shape index (κ1) is 12.5. The monoisotopic (exact) mass is 336 g/mol. The second-order valence-electron chi connectivity index (χ2n) is 4.30. The van der Waals surface area contributed by atoms with E-state index in [-0.39, 0.29) is 12.1 Å². The normalized spacial score (nSPS) is 17.4. The van der Waals surface area contributed by atoms with Gasteiger partial charge in [-0.1, -0.05) is 39.7 Å². The number of hydrogen-bond acceptors (Lipinski definition) is 2. The molecule has 1 aliphatic heterocycles. The summed E-state index contributed by atoms with van der Waals surface area (Å²) in [6, 6.07) is 13.1. The molecule has 0 saturated heterocycles. The lowest BCUT2D eigenvalue weighted by Gasteiger charge is -2.28. The van der Waals surface area contributed by atoms with Gasteiger partial charge in [0.05, 0.1) is 5.56 Å². The Morgan fingerprint density at radius 1 is 1.11 bits per heavy atom. The molecule has 2 aromatic carbocycles. The molecule has 2 N–H and O–H groups in total. The standard InChI is InChI=1S/C14H10BrClN2O/c15-9-3-1-2-8(6-9)13-17-12-5-4-10(16)7-11(12)14(19)18-13/h1-7,13,17H,(H,18,19). The molecule has 0 aromatic heterocycles. The number of amides is 1. The molecule has 0 spiro atoms. The van der Waals surface area contributed by atoms with Gasteiger partial charge in [-0.05, 0) is 35.9 Å². The van der Waals surface area contributed by atoms with Crippen LogP contribution in [0.5, 0.6) is 0 Å². The number of carbonyl (C=O) groups is 1. The number of hydrogen-bond donors (Lipinski definition) is 2. The molecule has 0 radical (unpaired) electrons. The third-order valence-electron chi connectivity index (χ3n) is 2.98. The van der Waals surface area contributed by atoms with Crippen molar-refractivity contribution in [1.82, 2.24) is 5.32 Å². The Hall–Kier alpha value is -1.52. The van der Waals surface area contributed by atoms with E-state index >= 15 is 0 Å². The summed E-state index contributed by atoms with van der Waals surface area (Å²) in [5.74, 6) is -0.124. The zero-order chi connectivity index (χ0) is 13.4. The van der Waals surface area contributed by atoms with E-state index in [0.29, 0.717) is 10.6 Å². The van der Waals surface area contributed by atoms with Gasteiger partial charge in [0.15, 0.2) is 0 Å². The molecule has 1 heterocycles. The topological polar surface area (TPSA) is 41.1 Å². The van der Waals surface area contributed by atoms with Crippen LogP contribution in [0.3, 0.4) is 0 Å². The highest BCUT2D eigenvalue weighted by Gasteiger charge is 2.24. The van der Waals surface area contributed by atoms with Crippen molar-refractivity contribution in [2.45, 2.75) is 6.17 Å². The largest absolute Gasteiger partial charge is 0.361 e. The average molecular weight is 338 g/mol. The van der Waals surface area contributed by atoms with Crippen LogP contribution in [0, 0.1) is 0 Å². The van der Waals surface area contributed by atoms with E-state index in [9.17, 15) is 4.79 Å². The van der Waals surface area contributed by atoms with E-state index in [4.69, 9.17) is 11.6 Å². The molecule has 0 fully saturated rings. The number of fused-ring (bicyclic) bond motifs is 1. The van der Waals surface area contributed by atoms with Crippen LogP contribution in [0.4, 0.5) is 5.69 Å². The highest BCUT2D eigenvalue weighted by atomic mass is 79.9. The lowest BCUT2D eigenvalue weighted by atomic mass is 10.1. The number of benzene rings is 2. The van der Waals surface area contributed by atoms with Gasteiger partial charge in [-0.3, -0.25) is 4.79 Å². The lowest BCUT2D eigenvalue weighted by Crippen LogP contribution is -2.38. The third kappa shape index (κ3) is 2.46. The maximum atomic E-state index is 12.1. The van der Waals surface area contributed by atoms with Crippen molar-refractivity contribution in [3.63, 3.8) is 0 Å². The fraction of sp³-hybridized carbons (Fsp3) is 0.0714. The Balaban J connectivity index is 1.97. The molecular weight excluding hydrogens is 328 g/mol. The summed E-state index contributed by atoms with van der Waals surface area (Å²) in [6.45, 7) is 0. The molecule has 1 aliphatic rings. The smallest absolute Gasteiger partial charge is 0.255 e. The van der Waals surface area contributed by atoms with Crippen LogP contribution in [0.2, 0.25) is 5.02 Å². The first-order chi connectivity index (χ1) is 9.13. The predicted octanol–water partition coefficient (Wildman–Crippen LogP) is 3.96. The van der Waals surface area contributed by atoms with Gasteiger partial charge >= 0.3 is 0 Å². The summed E-state index contributed by atoms with van der Waals surface area (Å²) in [6.07, 6.45) is -0.237. The summed E-state index contributed by atoms with van der Waals surface area (Å²) in [5, 5.41) is 6.75. The van der Waals surface area contributed by atoms with Crippen molar-refractivity contribution in [2.75, 3.05) is 5.32 Å². The fourth-order valence-electron chi connectivity index (χ4n) is 2.08. The molecule has 96 valence electrons. The third-order valence-corrected chi connectivity index (χ3v) is 3.71. The molecule has 1 atom stereocenters. The summed E-state index contributed by atoms with van der Waals surface area (Å²) in [7, 11) is 0. The van der Waals surface area contributed by atoms with Crippen LogP contribution in [-0.2, 0) is 0 Å². The van der Waals surface area contributed by atoms with E-state index in [1.807, 2.05) is 30.3 Å². The van der Waals surface area contributed by atoms with Gasteiger partial charge in [-0.15, -0.1) is 0 Å². The molecule has 0 bridgehead atoms. The molecule has 3 rings (SSSR count). The minimum atomic E-state index is -0.237. The molecule has 1 amide bonds. The molecule has 3 nitrogen and oxygen atoms in total. The minimum Gasteiger partial charge on any atom is -0.361 e. The van der Waals surface area contributed by atoms with Crippen molar-refractivity contribution in [2.24, 2.45) is 0 Å². The second-order valence-corrected chi connectivity index (χ2v) is 5.65. The van der Waals surface area contributed by atoms with Crippen LogP contribution in [0.1, 0.15) is 22.1 Å². The number of carbonyl (C=O) groups excluding carboxylic acids is 1. The number of rotatable bonds is 1. The molecule has 2 aromatic rings. The van der Waals surface area contributed by atoms with E-state index in [1.54, 1.807) is 12.1 Å². The van der Waals surface area contributed by atoms with Crippen molar-refractivity contribution < 1.29 is 4.79 Å². The SMILES string of the molecule is O=C1NC(c2cccc(Br)c2)Nc2ccc(Cl)cc21. The van der Waals surface area contributed by atoms with E-state index in [1.165, 1.54) is 0 Å². The molecule has 5 heteroatoms. The highest BCUT2D eigenvalue weighted by molar-refractivity contribution is 9.10. The summed E-state index contributed by atoms with van der Waals surface area (Å²) in [5.41, 5.74) is 2.35. The van der Waals surface area contributed by atoms with Gasteiger partial charge in [0.25, 0.3) is 5.91 Å². The minimum absolute atomic E-state index is 0.124. The van der Waals surface area contributed by atoms with Gasteiger partial charge in [-0.25, -0.2) is 0 Å². The number of halogens is 2. The van der Waals surface area contributed by atoms with Crippen LogP contribution in [0.25, 0.3) is 0 Å². The summed E-state index contributed by atoms with van der Waals surface area (Å²) < 4.78 is 0.975. The molecular formula is C14H10BrClN2O.